The van der Waals surface area contributed by atoms with Crippen molar-refractivity contribution >= 4 is 81.0 Å². The van der Waals surface area contributed by atoms with Crippen LogP contribution in [0.5, 0.6) is 5.75 Å². The molecule has 0 saturated heterocycles. The van der Waals surface area contributed by atoms with E-state index in [1.807, 2.05) is 13.0 Å². The van der Waals surface area contributed by atoms with Gasteiger partial charge in [0.25, 0.3) is 12.3 Å². The number of aromatic nitrogens is 2. The molecule has 244 valence electrons. The molecule has 0 fully saturated rings. The lowest BCUT2D eigenvalue weighted by atomic mass is 9.95. The van der Waals surface area contributed by atoms with E-state index in [-0.39, 0.29) is 28.8 Å². The fourth-order valence-electron chi connectivity index (χ4n) is 4.22. The zero-order valence-corrected chi connectivity index (χ0v) is 28.7. The Morgan fingerprint density at radius 2 is 1.83 bits per heavy atom. The van der Waals surface area contributed by atoms with Crippen LogP contribution in [0, 0.1) is 12.3 Å². The highest BCUT2D eigenvalue weighted by atomic mass is 35.5. The topological polar surface area (TPSA) is 97.3 Å². The Kier molecular flexibility index (Phi) is 11.1. The number of carbonyl (C=O) groups is 2. The molecule has 0 aliphatic heterocycles. The van der Waals surface area contributed by atoms with Crippen molar-refractivity contribution in [3.05, 3.63) is 85.8 Å². The number of imidazole rings is 1. The predicted molar refractivity (Wildman–Crippen MR) is 182 cm³/mol. The van der Waals surface area contributed by atoms with Gasteiger partial charge in [-0.05, 0) is 42.3 Å². The van der Waals surface area contributed by atoms with Gasteiger partial charge in [-0.1, -0.05) is 86.0 Å². The van der Waals surface area contributed by atoms with Crippen LogP contribution in [0.25, 0.3) is 11.0 Å². The molecule has 3 N–H and O–H groups in total. The lowest BCUT2D eigenvalue weighted by Gasteiger charge is -2.19. The van der Waals surface area contributed by atoms with Crippen LogP contribution in [0.3, 0.4) is 0 Å². The molecule has 0 bridgehead atoms. The molecule has 0 radical (unpaired) electrons. The van der Waals surface area contributed by atoms with Gasteiger partial charge in [0.1, 0.15) is 12.4 Å². The average Bonchev–Trinajstić information content (AvgIpc) is 3.28. The zero-order chi connectivity index (χ0) is 33.9. The van der Waals surface area contributed by atoms with E-state index >= 15 is 0 Å². The van der Waals surface area contributed by atoms with Crippen LogP contribution in [-0.2, 0) is 18.4 Å². The molecule has 0 unspecified atom stereocenters. The van der Waals surface area contributed by atoms with E-state index < -0.39 is 24.4 Å². The predicted octanol–water partition coefficient (Wildman–Crippen LogP) is 8.89. The Bertz CT molecular complexity index is 1830. The Morgan fingerprint density at radius 1 is 1.11 bits per heavy atom. The lowest BCUT2D eigenvalue weighted by molar-refractivity contribution is -0.128. The largest absolute Gasteiger partial charge is 0.487 e. The molecule has 4 aromatic rings. The average molecular weight is 711 g/mol. The Labute approximate surface area is 284 Å². The van der Waals surface area contributed by atoms with Gasteiger partial charge in [0.2, 0.25) is 11.9 Å². The summed E-state index contributed by atoms with van der Waals surface area (Å²) in [5, 5.41) is 10.1. The van der Waals surface area contributed by atoms with Crippen molar-refractivity contribution in [3.63, 3.8) is 0 Å². The van der Waals surface area contributed by atoms with Gasteiger partial charge in [-0.15, -0.1) is 0 Å². The van der Waals surface area contributed by atoms with E-state index in [1.54, 1.807) is 56.7 Å². The fraction of sp³-hybridized carbons (Fsp3) is 0.281. The van der Waals surface area contributed by atoms with E-state index in [2.05, 4.69) is 27.5 Å². The van der Waals surface area contributed by atoms with E-state index in [0.29, 0.717) is 43.3 Å². The molecule has 46 heavy (non-hydrogen) atoms. The number of halogens is 5. The molecule has 0 aliphatic rings. The van der Waals surface area contributed by atoms with Gasteiger partial charge in [0, 0.05) is 35.0 Å². The van der Waals surface area contributed by atoms with Gasteiger partial charge < -0.3 is 25.3 Å². The number of benzene rings is 3. The van der Waals surface area contributed by atoms with Crippen molar-refractivity contribution in [1.29, 1.82) is 0 Å². The number of carbonyl (C=O) groups excluding carboxylic acids is 2. The number of anilines is 2. The number of nitrogens with one attached hydrogen (secondary N) is 3. The standard InChI is InChI=1S/C32H32Cl3F2N5O3S/c1-16-7-9-19(33)11-25(16)46-17(2)39-29(43)20-12-22-23(13-24(20)45-15-26(36)37)42(6)31(40-22)41-28-21(34)10-8-18(27(28)35)14-38-30(44)32(3,4)5/h7-13,26H,2,14-15H2,1,3-6H3,(H,38,44)(H,39,43)(H,40,41). The lowest BCUT2D eigenvalue weighted by Crippen LogP contribution is -2.34. The van der Waals surface area contributed by atoms with Gasteiger partial charge in [-0.3, -0.25) is 9.59 Å². The monoisotopic (exact) mass is 709 g/mol. The van der Waals surface area contributed by atoms with Crippen LogP contribution in [0.15, 0.2) is 59.0 Å². The summed E-state index contributed by atoms with van der Waals surface area (Å²) in [6, 6.07) is 11.6. The summed E-state index contributed by atoms with van der Waals surface area (Å²) in [5.41, 5.74) is 2.15. The molecule has 4 rings (SSSR count). The number of fused-ring (bicyclic) bond motifs is 1. The number of aryl methyl sites for hydroxylation is 2. The third-order valence-electron chi connectivity index (χ3n) is 6.76. The number of amides is 2. The van der Waals surface area contributed by atoms with Gasteiger partial charge in [-0.25, -0.2) is 13.8 Å². The molecule has 0 atom stereocenters. The highest BCUT2D eigenvalue weighted by molar-refractivity contribution is 8.03. The first-order valence-corrected chi connectivity index (χ1v) is 15.9. The molecule has 0 saturated carbocycles. The summed E-state index contributed by atoms with van der Waals surface area (Å²) in [6.07, 6.45) is -2.77. The van der Waals surface area contributed by atoms with Gasteiger partial charge in [0.05, 0.1) is 37.4 Å². The van der Waals surface area contributed by atoms with Crippen LogP contribution < -0.4 is 20.7 Å². The third-order valence-corrected chi connectivity index (χ3v) is 8.75. The van der Waals surface area contributed by atoms with Gasteiger partial charge >= 0.3 is 0 Å². The number of hydrogen-bond donors (Lipinski definition) is 3. The first kappa shape index (κ1) is 35.3. The molecular weight excluding hydrogens is 679 g/mol. The van der Waals surface area contributed by atoms with Crippen molar-refractivity contribution in [2.45, 2.75) is 45.6 Å². The minimum Gasteiger partial charge on any atom is -0.487 e. The van der Waals surface area contributed by atoms with Crippen molar-refractivity contribution in [2.75, 3.05) is 11.9 Å². The molecule has 0 aliphatic carbocycles. The Balaban J connectivity index is 1.64. The Hall–Kier alpha value is -3.51. The molecule has 3 aromatic carbocycles. The summed E-state index contributed by atoms with van der Waals surface area (Å²) in [4.78, 5) is 31.2. The quantitative estimate of drug-likeness (QED) is 0.135. The highest BCUT2D eigenvalue weighted by Crippen LogP contribution is 2.37. The molecule has 1 aromatic heterocycles. The number of ether oxygens (including phenoxy) is 1. The van der Waals surface area contributed by atoms with Crippen LogP contribution in [0.1, 0.15) is 42.3 Å². The number of rotatable bonds is 11. The summed E-state index contributed by atoms with van der Waals surface area (Å²) in [5.74, 6) is -0.540. The van der Waals surface area contributed by atoms with Crippen molar-refractivity contribution in [2.24, 2.45) is 12.5 Å². The third kappa shape index (κ3) is 8.44. The molecule has 8 nitrogen and oxygen atoms in total. The van der Waals surface area contributed by atoms with Crippen LogP contribution in [-0.4, -0.2) is 34.4 Å². The van der Waals surface area contributed by atoms with E-state index in [9.17, 15) is 18.4 Å². The van der Waals surface area contributed by atoms with Crippen LogP contribution in [0.2, 0.25) is 15.1 Å². The first-order valence-electron chi connectivity index (χ1n) is 13.9. The smallest absolute Gasteiger partial charge is 0.272 e. The van der Waals surface area contributed by atoms with E-state index in [0.717, 1.165) is 10.5 Å². The number of thioether (sulfide) groups is 1. The summed E-state index contributed by atoms with van der Waals surface area (Å²) >= 11 is 20.5. The first-order chi connectivity index (χ1) is 21.5. The minimum atomic E-state index is -2.77. The van der Waals surface area contributed by atoms with Gasteiger partial charge in [0.15, 0.2) is 0 Å². The fourth-order valence-corrected chi connectivity index (χ4v) is 5.81. The Morgan fingerprint density at radius 3 is 2.50 bits per heavy atom. The van der Waals surface area contributed by atoms with Crippen molar-refractivity contribution in [1.82, 2.24) is 20.2 Å². The molecule has 2 amide bonds. The van der Waals surface area contributed by atoms with Crippen molar-refractivity contribution in [3.8, 4) is 5.75 Å². The number of nitrogens with zero attached hydrogens (tertiary/aromatic N) is 2. The maximum absolute atomic E-state index is 13.4. The summed E-state index contributed by atoms with van der Waals surface area (Å²) < 4.78 is 33.3. The second kappa shape index (κ2) is 14.5. The maximum Gasteiger partial charge on any atom is 0.272 e. The minimum absolute atomic E-state index is 0.0185. The maximum atomic E-state index is 13.4. The van der Waals surface area contributed by atoms with Gasteiger partial charge in [-0.2, -0.15) is 0 Å². The highest BCUT2D eigenvalue weighted by Gasteiger charge is 2.23. The normalized spacial score (nSPS) is 11.5. The van der Waals surface area contributed by atoms with Crippen LogP contribution >= 0.6 is 46.6 Å². The number of alkyl halides is 2. The number of hydrogen-bond acceptors (Lipinski definition) is 6. The summed E-state index contributed by atoms with van der Waals surface area (Å²) in [7, 11) is 1.69. The molecule has 0 spiro atoms. The molecule has 14 heteroatoms. The van der Waals surface area contributed by atoms with Crippen molar-refractivity contribution < 1.29 is 23.1 Å². The zero-order valence-electron chi connectivity index (χ0n) is 25.7. The molecular formula is C32H32Cl3F2N5O3S. The van der Waals surface area contributed by atoms with Crippen LogP contribution in [0.4, 0.5) is 20.4 Å². The second-order valence-electron chi connectivity index (χ2n) is 11.4. The van der Waals surface area contributed by atoms with E-state index in [4.69, 9.17) is 39.5 Å². The summed E-state index contributed by atoms with van der Waals surface area (Å²) in [6.45, 7) is 10.5. The SMILES string of the molecule is C=C(NC(=O)c1cc2nc(Nc3c(Cl)ccc(CNC(=O)C(C)(C)C)c3Cl)n(C)c2cc1OCC(F)F)Sc1cc(Cl)ccc1C. The second-order valence-corrected chi connectivity index (χ2v) is 13.7. The molecule has 1 heterocycles. The van der Waals surface area contributed by atoms with E-state index in [1.165, 1.54) is 23.9 Å².